The Bertz CT molecular complexity index is 800. The first kappa shape index (κ1) is 15.1. The third kappa shape index (κ3) is 3.25. The van der Waals surface area contributed by atoms with Crippen LogP contribution >= 0.6 is 0 Å². The van der Waals surface area contributed by atoms with Gasteiger partial charge in [-0.2, -0.15) is 0 Å². The molecule has 0 heterocycles. The van der Waals surface area contributed by atoms with Crippen LogP contribution in [0.4, 0.5) is 8.78 Å². The molecule has 0 unspecified atom stereocenters. The van der Waals surface area contributed by atoms with Gasteiger partial charge in [0.15, 0.2) is 21.5 Å². The number of carboxylic acid groups (broad SMARTS) is 1. The maximum absolute atomic E-state index is 13.5. The van der Waals surface area contributed by atoms with Crippen molar-refractivity contribution in [1.29, 1.82) is 0 Å². The molecule has 2 aromatic rings. The van der Waals surface area contributed by atoms with E-state index in [-0.39, 0.29) is 16.0 Å². The minimum absolute atomic E-state index is 0.198. The summed E-state index contributed by atoms with van der Waals surface area (Å²) in [4.78, 5) is 10.6. The van der Waals surface area contributed by atoms with Crippen LogP contribution in [-0.2, 0) is 15.6 Å². The van der Waals surface area contributed by atoms with E-state index in [4.69, 9.17) is 5.11 Å². The van der Waals surface area contributed by atoms with Gasteiger partial charge in [-0.15, -0.1) is 0 Å². The average Bonchev–Trinajstić information content (AvgIpc) is 2.44. The normalized spacial score (nSPS) is 11.3. The highest BCUT2D eigenvalue weighted by molar-refractivity contribution is 7.90. The third-order valence-corrected chi connectivity index (χ3v) is 4.48. The highest BCUT2D eigenvalue weighted by Crippen LogP contribution is 2.20. The number of carboxylic acids is 1. The van der Waals surface area contributed by atoms with Crippen molar-refractivity contribution in [3.8, 4) is 0 Å². The van der Waals surface area contributed by atoms with Gasteiger partial charge in [0.25, 0.3) is 0 Å². The fourth-order valence-corrected chi connectivity index (χ4v) is 3.16. The molecule has 0 aliphatic heterocycles. The predicted molar refractivity (Wildman–Crippen MR) is 70.6 cm³/mol. The Morgan fingerprint density at radius 1 is 1.10 bits per heavy atom. The predicted octanol–water partition coefficient (Wildman–Crippen LogP) is 2.64. The molecule has 2 rings (SSSR count). The number of hydrogen-bond acceptors (Lipinski definition) is 3. The van der Waals surface area contributed by atoms with Crippen LogP contribution in [0.2, 0.25) is 0 Å². The Hall–Kier alpha value is -2.28. The van der Waals surface area contributed by atoms with E-state index in [2.05, 4.69) is 0 Å². The molecule has 0 spiro atoms. The van der Waals surface area contributed by atoms with Crippen molar-refractivity contribution in [2.45, 2.75) is 10.6 Å². The highest BCUT2D eigenvalue weighted by Gasteiger charge is 2.20. The van der Waals surface area contributed by atoms with Gasteiger partial charge in [-0.05, 0) is 24.3 Å². The fraction of sp³-hybridized carbons (Fsp3) is 0.0714. The lowest BCUT2D eigenvalue weighted by atomic mass is 10.2. The molecule has 21 heavy (non-hydrogen) atoms. The molecule has 0 bridgehead atoms. The zero-order chi connectivity index (χ0) is 15.6. The van der Waals surface area contributed by atoms with Crippen LogP contribution in [0.3, 0.4) is 0 Å². The molecule has 0 saturated carbocycles. The highest BCUT2D eigenvalue weighted by atomic mass is 32.2. The molecule has 0 fully saturated rings. The first-order valence-electron chi connectivity index (χ1n) is 5.80. The van der Waals surface area contributed by atoms with Gasteiger partial charge in [0.2, 0.25) is 0 Å². The number of rotatable bonds is 4. The molecule has 0 saturated heterocycles. The molecule has 1 N–H and O–H groups in total. The summed E-state index contributed by atoms with van der Waals surface area (Å²) < 4.78 is 50.9. The van der Waals surface area contributed by atoms with Gasteiger partial charge < -0.3 is 5.11 Å². The van der Waals surface area contributed by atoms with E-state index < -0.39 is 33.2 Å². The van der Waals surface area contributed by atoms with Crippen molar-refractivity contribution >= 4 is 15.8 Å². The second-order valence-electron chi connectivity index (χ2n) is 4.31. The van der Waals surface area contributed by atoms with Gasteiger partial charge >= 0.3 is 5.97 Å². The number of sulfone groups is 1. The lowest BCUT2D eigenvalue weighted by molar-refractivity contribution is 0.0696. The Morgan fingerprint density at radius 2 is 1.76 bits per heavy atom. The smallest absolute Gasteiger partial charge is 0.335 e. The summed E-state index contributed by atoms with van der Waals surface area (Å²) in [7, 11) is -3.98. The van der Waals surface area contributed by atoms with Gasteiger partial charge in [-0.1, -0.05) is 18.2 Å². The molecule has 0 aromatic heterocycles. The zero-order valence-electron chi connectivity index (χ0n) is 10.6. The van der Waals surface area contributed by atoms with E-state index in [1.807, 2.05) is 0 Å². The number of halogens is 2. The molecule has 0 aliphatic rings. The van der Waals surface area contributed by atoms with Crippen molar-refractivity contribution in [2.24, 2.45) is 0 Å². The number of aromatic carboxylic acids is 1. The van der Waals surface area contributed by atoms with Crippen molar-refractivity contribution < 1.29 is 27.1 Å². The number of hydrogen-bond donors (Lipinski definition) is 1. The average molecular weight is 312 g/mol. The summed E-state index contributed by atoms with van der Waals surface area (Å²) in [5.74, 6) is -4.39. The molecule has 0 radical (unpaired) electrons. The van der Waals surface area contributed by atoms with Crippen molar-refractivity contribution in [2.75, 3.05) is 0 Å². The van der Waals surface area contributed by atoms with Crippen molar-refractivity contribution in [3.05, 3.63) is 65.2 Å². The minimum Gasteiger partial charge on any atom is -0.478 e. The van der Waals surface area contributed by atoms with Crippen LogP contribution in [0.5, 0.6) is 0 Å². The number of benzene rings is 2. The van der Waals surface area contributed by atoms with Crippen LogP contribution in [-0.4, -0.2) is 19.5 Å². The summed E-state index contributed by atoms with van der Waals surface area (Å²) in [5, 5.41) is 8.84. The lowest BCUT2D eigenvalue weighted by Gasteiger charge is -2.07. The van der Waals surface area contributed by atoms with Crippen molar-refractivity contribution in [1.82, 2.24) is 0 Å². The Balaban J connectivity index is 2.41. The largest absolute Gasteiger partial charge is 0.478 e. The minimum atomic E-state index is -3.98. The molecule has 110 valence electrons. The summed E-state index contributed by atoms with van der Waals surface area (Å²) in [6.45, 7) is 0. The summed E-state index contributed by atoms with van der Waals surface area (Å²) in [6, 6.07) is 7.96. The van der Waals surface area contributed by atoms with E-state index in [1.54, 1.807) is 0 Å². The quantitative estimate of drug-likeness (QED) is 0.942. The SMILES string of the molecule is O=C(O)c1cccc(S(=O)(=O)Cc2cccc(F)c2F)c1. The number of carbonyl (C=O) groups is 1. The first-order valence-corrected chi connectivity index (χ1v) is 7.45. The van der Waals surface area contributed by atoms with Gasteiger partial charge in [0.05, 0.1) is 16.2 Å². The molecular formula is C14H10F2O4S. The Labute approximate surface area is 119 Å². The third-order valence-electron chi connectivity index (χ3n) is 2.82. The topological polar surface area (TPSA) is 71.4 Å². The summed E-state index contributed by atoms with van der Waals surface area (Å²) in [5.41, 5.74) is -0.508. The van der Waals surface area contributed by atoms with Gasteiger partial charge in [-0.25, -0.2) is 22.0 Å². The molecule has 4 nitrogen and oxygen atoms in total. The maximum atomic E-state index is 13.5. The van der Waals surface area contributed by atoms with Crippen LogP contribution in [0, 0.1) is 11.6 Å². The van der Waals surface area contributed by atoms with Crippen LogP contribution in [0.15, 0.2) is 47.4 Å². The Kier molecular flexibility index (Phi) is 4.04. The molecular weight excluding hydrogens is 302 g/mol. The second kappa shape index (κ2) is 5.61. The molecule has 0 atom stereocenters. The van der Waals surface area contributed by atoms with E-state index in [1.165, 1.54) is 24.3 Å². The molecule has 7 heteroatoms. The zero-order valence-corrected chi connectivity index (χ0v) is 11.4. The van der Waals surface area contributed by atoms with Crippen molar-refractivity contribution in [3.63, 3.8) is 0 Å². The first-order chi connectivity index (χ1) is 9.81. The summed E-state index contributed by atoms with van der Waals surface area (Å²) in [6.07, 6.45) is 0. The second-order valence-corrected chi connectivity index (χ2v) is 6.29. The fourth-order valence-electron chi connectivity index (χ4n) is 1.77. The summed E-state index contributed by atoms with van der Waals surface area (Å²) >= 11 is 0. The molecule has 0 aliphatic carbocycles. The van der Waals surface area contributed by atoms with E-state index in [9.17, 15) is 22.0 Å². The molecule has 2 aromatic carbocycles. The van der Waals surface area contributed by atoms with Crippen LogP contribution in [0.25, 0.3) is 0 Å². The van der Waals surface area contributed by atoms with E-state index in [0.717, 1.165) is 18.2 Å². The Morgan fingerprint density at radius 3 is 2.43 bits per heavy atom. The molecule has 0 amide bonds. The lowest BCUT2D eigenvalue weighted by Crippen LogP contribution is -2.08. The van der Waals surface area contributed by atoms with Crippen LogP contribution < -0.4 is 0 Å². The van der Waals surface area contributed by atoms with Gasteiger partial charge in [-0.3, -0.25) is 0 Å². The van der Waals surface area contributed by atoms with E-state index >= 15 is 0 Å². The van der Waals surface area contributed by atoms with Gasteiger partial charge in [0, 0.05) is 5.56 Å². The van der Waals surface area contributed by atoms with Crippen LogP contribution in [0.1, 0.15) is 15.9 Å². The monoisotopic (exact) mass is 312 g/mol. The van der Waals surface area contributed by atoms with Gasteiger partial charge in [0.1, 0.15) is 0 Å². The standard InChI is InChI=1S/C14H10F2O4S/c15-12-6-2-4-10(13(12)16)8-21(19,20)11-5-1-3-9(7-11)14(17)18/h1-7H,8H2,(H,17,18). The van der Waals surface area contributed by atoms with E-state index in [0.29, 0.717) is 0 Å². The maximum Gasteiger partial charge on any atom is 0.335 e.